The van der Waals surface area contributed by atoms with Crippen LogP contribution < -0.4 is 4.74 Å². The summed E-state index contributed by atoms with van der Waals surface area (Å²) in [5.74, 6) is 0.200. The highest BCUT2D eigenvalue weighted by atomic mass is 16.6. The molecular weight excluding hydrogens is 472 g/mol. The first-order chi connectivity index (χ1) is 17.8. The molecule has 7 nitrogen and oxygen atoms in total. The lowest BCUT2D eigenvalue weighted by Crippen LogP contribution is -2.44. The Morgan fingerprint density at radius 3 is 2.68 bits per heavy atom. The van der Waals surface area contributed by atoms with Crippen molar-refractivity contribution in [3.05, 3.63) is 53.6 Å². The number of allylic oxidation sites excluding steroid dienone is 2. The van der Waals surface area contributed by atoms with Crippen molar-refractivity contribution in [1.82, 2.24) is 0 Å². The van der Waals surface area contributed by atoms with Gasteiger partial charge in [0.05, 0.1) is 18.6 Å². The van der Waals surface area contributed by atoms with E-state index in [2.05, 4.69) is 13.0 Å². The number of aliphatic hydroxyl groups excluding tert-OH is 2. The first-order valence-electron chi connectivity index (χ1n) is 13.7. The van der Waals surface area contributed by atoms with Gasteiger partial charge in [-0.3, -0.25) is 4.79 Å². The Morgan fingerprint density at radius 2 is 1.95 bits per heavy atom. The van der Waals surface area contributed by atoms with Crippen LogP contribution in [0.5, 0.6) is 5.75 Å². The van der Waals surface area contributed by atoms with Gasteiger partial charge in [-0.25, -0.2) is 4.79 Å². The SMILES string of the molecule is CCc1ccccc1O[C@@H](CC)C(=O)OC1CC(O)C=C2C=CC(C)C(CC[C@@H]3C[C@@H](O)CC(=O)O3)C21. The van der Waals surface area contributed by atoms with Crippen molar-refractivity contribution in [3.63, 3.8) is 0 Å². The molecule has 4 rings (SSSR count). The normalized spacial score (nSPS) is 32.1. The van der Waals surface area contributed by atoms with Crippen LogP contribution in [0.25, 0.3) is 0 Å². The molecule has 8 atom stereocenters. The van der Waals surface area contributed by atoms with Gasteiger partial charge >= 0.3 is 11.9 Å². The molecule has 2 aliphatic carbocycles. The number of benzene rings is 1. The van der Waals surface area contributed by atoms with E-state index >= 15 is 0 Å². The topological polar surface area (TPSA) is 102 Å². The minimum absolute atomic E-state index is 0.0495. The highest BCUT2D eigenvalue weighted by Crippen LogP contribution is 2.44. The average molecular weight is 513 g/mol. The Bertz CT molecular complexity index is 1010. The Balaban J connectivity index is 1.48. The first-order valence-corrected chi connectivity index (χ1v) is 13.7. The molecule has 1 heterocycles. The molecule has 0 amide bonds. The second-order valence-corrected chi connectivity index (χ2v) is 10.6. The molecule has 1 aromatic rings. The van der Waals surface area contributed by atoms with Gasteiger partial charge in [0.15, 0.2) is 6.10 Å². The number of carbonyl (C=O) groups excluding carboxylic acids is 2. The molecule has 1 aliphatic heterocycles. The summed E-state index contributed by atoms with van der Waals surface area (Å²) in [4.78, 5) is 25.1. The predicted octanol–water partition coefficient (Wildman–Crippen LogP) is 4.29. The van der Waals surface area contributed by atoms with E-state index in [4.69, 9.17) is 14.2 Å². The summed E-state index contributed by atoms with van der Waals surface area (Å²) >= 11 is 0. The van der Waals surface area contributed by atoms with E-state index in [1.165, 1.54) is 0 Å². The molecule has 5 unspecified atom stereocenters. The summed E-state index contributed by atoms with van der Waals surface area (Å²) in [7, 11) is 0. The first kappa shape index (κ1) is 27.4. The monoisotopic (exact) mass is 512 g/mol. The van der Waals surface area contributed by atoms with E-state index < -0.39 is 30.4 Å². The average Bonchev–Trinajstić information content (AvgIpc) is 2.86. The van der Waals surface area contributed by atoms with Crippen LogP contribution in [-0.2, 0) is 25.5 Å². The third-order valence-electron chi connectivity index (χ3n) is 7.95. The van der Waals surface area contributed by atoms with Crippen molar-refractivity contribution in [2.24, 2.45) is 17.8 Å². The Kier molecular flexibility index (Phi) is 9.08. The van der Waals surface area contributed by atoms with E-state index in [-0.39, 0.29) is 36.2 Å². The zero-order valence-corrected chi connectivity index (χ0v) is 22.0. The van der Waals surface area contributed by atoms with E-state index in [0.29, 0.717) is 31.4 Å². The lowest BCUT2D eigenvalue weighted by Gasteiger charge is -2.43. The molecule has 7 heteroatoms. The van der Waals surface area contributed by atoms with Gasteiger partial charge < -0.3 is 24.4 Å². The number of rotatable bonds is 9. The number of esters is 2. The van der Waals surface area contributed by atoms with Gasteiger partial charge in [0.2, 0.25) is 0 Å². The zero-order chi connectivity index (χ0) is 26.5. The summed E-state index contributed by atoms with van der Waals surface area (Å²) in [5, 5.41) is 20.5. The van der Waals surface area contributed by atoms with E-state index in [1.807, 2.05) is 50.3 Å². The van der Waals surface area contributed by atoms with Crippen LogP contribution in [0.4, 0.5) is 0 Å². The largest absolute Gasteiger partial charge is 0.478 e. The summed E-state index contributed by atoms with van der Waals surface area (Å²) < 4.78 is 17.7. The second kappa shape index (κ2) is 12.3. The smallest absolute Gasteiger partial charge is 0.347 e. The molecule has 1 saturated heterocycles. The molecule has 1 aromatic carbocycles. The van der Waals surface area contributed by atoms with Crippen LogP contribution in [0.3, 0.4) is 0 Å². The third kappa shape index (κ3) is 6.63. The van der Waals surface area contributed by atoms with Crippen LogP contribution in [-0.4, -0.2) is 52.7 Å². The highest BCUT2D eigenvalue weighted by molar-refractivity contribution is 5.75. The van der Waals surface area contributed by atoms with Crippen LogP contribution >= 0.6 is 0 Å². The number of aryl methyl sites for hydroxylation is 1. The number of aliphatic hydroxyl groups is 2. The number of para-hydroxylation sites is 1. The molecular formula is C30H40O7. The molecule has 0 aromatic heterocycles. The van der Waals surface area contributed by atoms with Gasteiger partial charge in [0, 0.05) is 18.8 Å². The molecule has 202 valence electrons. The van der Waals surface area contributed by atoms with Crippen LogP contribution in [0.2, 0.25) is 0 Å². The number of hydrogen-bond donors (Lipinski definition) is 2. The molecule has 0 bridgehead atoms. The lowest BCUT2D eigenvalue weighted by molar-refractivity contribution is -0.165. The minimum Gasteiger partial charge on any atom is -0.478 e. The van der Waals surface area contributed by atoms with Crippen molar-refractivity contribution in [3.8, 4) is 5.75 Å². The summed E-state index contributed by atoms with van der Waals surface area (Å²) in [6.07, 6.45) is 6.60. The van der Waals surface area contributed by atoms with Gasteiger partial charge in [0.1, 0.15) is 18.0 Å². The molecule has 3 aliphatic rings. The molecule has 0 radical (unpaired) electrons. The predicted molar refractivity (Wildman–Crippen MR) is 139 cm³/mol. The Hall–Kier alpha value is -2.64. The van der Waals surface area contributed by atoms with E-state index in [9.17, 15) is 19.8 Å². The summed E-state index contributed by atoms with van der Waals surface area (Å²) in [5.41, 5.74) is 2.01. The van der Waals surface area contributed by atoms with Crippen LogP contribution in [0.1, 0.15) is 64.9 Å². The van der Waals surface area contributed by atoms with Crippen molar-refractivity contribution >= 4 is 11.9 Å². The van der Waals surface area contributed by atoms with Crippen molar-refractivity contribution in [2.75, 3.05) is 0 Å². The fourth-order valence-electron chi connectivity index (χ4n) is 5.99. The van der Waals surface area contributed by atoms with E-state index in [0.717, 1.165) is 24.0 Å². The Morgan fingerprint density at radius 1 is 1.16 bits per heavy atom. The number of cyclic esters (lactones) is 1. The maximum Gasteiger partial charge on any atom is 0.347 e. The second-order valence-electron chi connectivity index (χ2n) is 10.6. The third-order valence-corrected chi connectivity index (χ3v) is 7.95. The molecule has 0 spiro atoms. The van der Waals surface area contributed by atoms with Crippen molar-refractivity contribution in [1.29, 1.82) is 0 Å². The quantitative estimate of drug-likeness (QED) is 0.476. The van der Waals surface area contributed by atoms with Crippen LogP contribution in [0, 0.1) is 17.8 Å². The standard InChI is InChI=1S/C30H40O7/c1-4-19-8-6-7-9-26(19)36-25(5-2)30(34)37-27-16-21(31)14-20-11-10-18(3)24(29(20)27)13-12-23-15-22(32)17-28(33)35-23/h6-11,14,18,21-25,27,29,31-32H,4-5,12-13,15-17H2,1-3H3/t18?,21?,22-,23-,24?,25+,27?,29?/m1/s1. The van der Waals surface area contributed by atoms with Crippen molar-refractivity contribution in [2.45, 2.75) is 96.2 Å². The molecule has 0 saturated carbocycles. The van der Waals surface area contributed by atoms with Gasteiger partial charge in [-0.15, -0.1) is 0 Å². The highest BCUT2D eigenvalue weighted by Gasteiger charge is 2.43. The van der Waals surface area contributed by atoms with Crippen molar-refractivity contribution < 1.29 is 34.0 Å². The minimum atomic E-state index is -0.739. The summed E-state index contributed by atoms with van der Waals surface area (Å²) in [6, 6.07) is 7.71. The molecule has 1 fully saturated rings. The fraction of sp³-hybridized carbons (Fsp3) is 0.600. The fourth-order valence-corrected chi connectivity index (χ4v) is 5.99. The summed E-state index contributed by atoms with van der Waals surface area (Å²) in [6.45, 7) is 6.09. The Labute approximate surface area is 219 Å². The molecule has 37 heavy (non-hydrogen) atoms. The zero-order valence-electron chi connectivity index (χ0n) is 22.0. The van der Waals surface area contributed by atoms with Gasteiger partial charge in [-0.1, -0.05) is 57.2 Å². The van der Waals surface area contributed by atoms with E-state index in [1.54, 1.807) is 0 Å². The van der Waals surface area contributed by atoms with Gasteiger partial charge in [0.25, 0.3) is 0 Å². The maximum atomic E-state index is 13.3. The molecule has 2 N–H and O–H groups in total. The number of hydrogen-bond acceptors (Lipinski definition) is 7. The number of carbonyl (C=O) groups is 2. The number of fused-ring (bicyclic) bond motifs is 1. The van der Waals surface area contributed by atoms with Gasteiger partial charge in [-0.05, 0) is 54.7 Å². The van der Waals surface area contributed by atoms with Crippen LogP contribution in [0.15, 0.2) is 48.1 Å². The van der Waals surface area contributed by atoms with Gasteiger partial charge in [-0.2, -0.15) is 0 Å². The lowest BCUT2D eigenvalue weighted by atomic mass is 9.66. The maximum absolute atomic E-state index is 13.3. The number of ether oxygens (including phenoxy) is 3.